The van der Waals surface area contributed by atoms with Gasteiger partial charge < -0.3 is 14.6 Å². The van der Waals surface area contributed by atoms with Crippen LogP contribution in [-0.2, 0) is 17.8 Å². The first kappa shape index (κ1) is 14.5. The molecule has 1 fully saturated rings. The van der Waals surface area contributed by atoms with Crippen molar-refractivity contribution in [3.8, 4) is 0 Å². The minimum atomic E-state index is 0.366. The minimum absolute atomic E-state index is 0.366. The number of ether oxygens (including phenoxy) is 1. The van der Waals surface area contributed by atoms with Crippen LogP contribution in [0.15, 0.2) is 24.3 Å². The van der Waals surface area contributed by atoms with E-state index in [0.29, 0.717) is 12.1 Å². The molecule has 4 heteroatoms. The molecule has 21 heavy (non-hydrogen) atoms. The maximum Gasteiger partial charge on any atom is 0.123 e. The third-order valence-electron chi connectivity index (χ3n) is 4.21. The molecule has 2 unspecified atom stereocenters. The third kappa shape index (κ3) is 3.27. The number of aromatic nitrogens is 2. The third-order valence-corrected chi connectivity index (χ3v) is 4.21. The smallest absolute Gasteiger partial charge is 0.123 e. The molecule has 1 aliphatic rings. The highest BCUT2D eigenvalue weighted by molar-refractivity contribution is 5.75. The number of hydrogen-bond acceptors (Lipinski definition) is 3. The predicted octanol–water partition coefficient (Wildman–Crippen LogP) is 3.10. The number of benzene rings is 1. The van der Waals surface area contributed by atoms with Gasteiger partial charge in [0.05, 0.1) is 23.7 Å². The van der Waals surface area contributed by atoms with Gasteiger partial charge in [0, 0.05) is 19.2 Å². The van der Waals surface area contributed by atoms with E-state index in [-0.39, 0.29) is 0 Å². The number of fused-ring (bicyclic) bond motifs is 1. The Morgan fingerprint density at radius 3 is 3.05 bits per heavy atom. The van der Waals surface area contributed by atoms with Crippen molar-refractivity contribution in [2.75, 3.05) is 6.61 Å². The molecule has 114 valence electrons. The fraction of sp³-hybridized carbons (Fsp3) is 0.588. The summed E-state index contributed by atoms with van der Waals surface area (Å²) in [6.07, 6.45) is 3.68. The number of para-hydroxylation sites is 2. The van der Waals surface area contributed by atoms with Crippen molar-refractivity contribution in [1.82, 2.24) is 14.9 Å². The lowest BCUT2D eigenvalue weighted by Crippen LogP contribution is -2.38. The van der Waals surface area contributed by atoms with E-state index >= 15 is 0 Å². The Bertz CT molecular complexity index is 593. The van der Waals surface area contributed by atoms with Crippen LogP contribution in [0.25, 0.3) is 11.0 Å². The van der Waals surface area contributed by atoms with Gasteiger partial charge in [-0.2, -0.15) is 0 Å². The maximum absolute atomic E-state index is 5.61. The zero-order valence-corrected chi connectivity index (χ0v) is 13.0. The molecule has 1 N–H and O–H groups in total. The molecule has 3 rings (SSSR count). The summed E-state index contributed by atoms with van der Waals surface area (Å²) in [5.74, 6) is 1.15. The molecule has 1 aromatic heterocycles. The van der Waals surface area contributed by atoms with E-state index in [9.17, 15) is 0 Å². The van der Waals surface area contributed by atoms with Gasteiger partial charge in [0.1, 0.15) is 5.82 Å². The molecular weight excluding hydrogens is 262 g/mol. The number of nitrogens with one attached hydrogen (secondary N) is 1. The number of rotatable bonds is 5. The summed E-state index contributed by atoms with van der Waals surface area (Å²) in [5, 5.41) is 3.66. The summed E-state index contributed by atoms with van der Waals surface area (Å²) in [7, 11) is 0. The van der Waals surface area contributed by atoms with E-state index in [4.69, 9.17) is 9.72 Å². The van der Waals surface area contributed by atoms with Gasteiger partial charge in [-0.05, 0) is 38.3 Å². The first-order chi connectivity index (χ1) is 10.3. The molecule has 0 radical (unpaired) electrons. The lowest BCUT2D eigenvalue weighted by molar-refractivity contribution is 0.0129. The summed E-state index contributed by atoms with van der Waals surface area (Å²) in [6, 6.07) is 8.96. The standard InChI is InChI=1S/C17H25N3O/c1-3-9-20-16-7-5-4-6-15(16)19-17(20)12-18-14-8-10-21-13(2)11-14/h4-7,13-14,18H,3,8-12H2,1-2H3. The fourth-order valence-electron chi connectivity index (χ4n) is 3.15. The van der Waals surface area contributed by atoms with Crippen LogP contribution in [0, 0.1) is 0 Å². The second-order valence-corrected chi connectivity index (χ2v) is 5.95. The molecule has 0 spiro atoms. The van der Waals surface area contributed by atoms with Crippen LogP contribution < -0.4 is 5.32 Å². The summed E-state index contributed by atoms with van der Waals surface area (Å²) >= 11 is 0. The summed E-state index contributed by atoms with van der Waals surface area (Å²) in [4.78, 5) is 4.80. The zero-order chi connectivity index (χ0) is 14.7. The highest BCUT2D eigenvalue weighted by Gasteiger charge is 2.19. The zero-order valence-electron chi connectivity index (χ0n) is 13.0. The molecule has 2 aromatic rings. The normalized spacial score (nSPS) is 22.8. The molecule has 0 saturated carbocycles. The Morgan fingerprint density at radius 2 is 2.24 bits per heavy atom. The molecule has 4 nitrogen and oxygen atoms in total. The monoisotopic (exact) mass is 287 g/mol. The van der Waals surface area contributed by atoms with Crippen LogP contribution in [0.5, 0.6) is 0 Å². The maximum atomic E-state index is 5.61. The van der Waals surface area contributed by atoms with Crippen LogP contribution >= 0.6 is 0 Å². The fourth-order valence-corrected chi connectivity index (χ4v) is 3.15. The van der Waals surface area contributed by atoms with Crippen LogP contribution in [0.1, 0.15) is 38.9 Å². The Kier molecular flexibility index (Phi) is 4.56. The van der Waals surface area contributed by atoms with Crippen molar-refractivity contribution >= 4 is 11.0 Å². The van der Waals surface area contributed by atoms with E-state index in [1.807, 2.05) is 0 Å². The summed E-state index contributed by atoms with van der Waals surface area (Å²) < 4.78 is 7.96. The average molecular weight is 287 g/mol. The number of imidazole rings is 1. The number of hydrogen-bond donors (Lipinski definition) is 1. The minimum Gasteiger partial charge on any atom is -0.378 e. The quantitative estimate of drug-likeness (QED) is 0.918. The van der Waals surface area contributed by atoms with E-state index < -0.39 is 0 Å². The Morgan fingerprint density at radius 1 is 1.38 bits per heavy atom. The molecule has 1 aromatic carbocycles. The Labute approximate surface area is 126 Å². The lowest BCUT2D eigenvalue weighted by atomic mass is 10.0. The second kappa shape index (κ2) is 6.58. The summed E-state index contributed by atoms with van der Waals surface area (Å²) in [5.41, 5.74) is 2.35. The largest absolute Gasteiger partial charge is 0.378 e. The highest BCUT2D eigenvalue weighted by atomic mass is 16.5. The van der Waals surface area contributed by atoms with Crippen molar-refractivity contribution < 1.29 is 4.74 Å². The molecule has 2 atom stereocenters. The number of aryl methyl sites for hydroxylation is 1. The van der Waals surface area contributed by atoms with Crippen LogP contribution in [0.2, 0.25) is 0 Å². The topological polar surface area (TPSA) is 39.1 Å². The molecule has 2 heterocycles. The van der Waals surface area contributed by atoms with Gasteiger partial charge in [0.15, 0.2) is 0 Å². The van der Waals surface area contributed by atoms with Gasteiger partial charge in [-0.25, -0.2) is 4.98 Å². The molecule has 0 bridgehead atoms. The van der Waals surface area contributed by atoms with E-state index in [0.717, 1.165) is 50.3 Å². The van der Waals surface area contributed by atoms with Crippen molar-refractivity contribution in [3.63, 3.8) is 0 Å². The first-order valence-electron chi connectivity index (χ1n) is 8.07. The lowest BCUT2D eigenvalue weighted by Gasteiger charge is -2.28. The Hall–Kier alpha value is -1.39. The second-order valence-electron chi connectivity index (χ2n) is 5.95. The number of nitrogens with zero attached hydrogens (tertiary/aromatic N) is 2. The van der Waals surface area contributed by atoms with Gasteiger partial charge in [-0.3, -0.25) is 0 Å². The molecular formula is C17H25N3O. The first-order valence-corrected chi connectivity index (χ1v) is 8.07. The van der Waals surface area contributed by atoms with Crippen molar-refractivity contribution in [1.29, 1.82) is 0 Å². The van der Waals surface area contributed by atoms with Crippen LogP contribution in [0.4, 0.5) is 0 Å². The van der Waals surface area contributed by atoms with Crippen molar-refractivity contribution in [2.45, 2.75) is 58.3 Å². The molecule has 1 saturated heterocycles. The van der Waals surface area contributed by atoms with Crippen LogP contribution in [0.3, 0.4) is 0 Å². The average Bonchev–Trinajstić information content (AvgIpc) is 2.84. The van der Waals surface area contributed by atoms with Gasteiger partial charge in [-0.1, -0.05) is 19.1 Å². The van der Waals surface area contributed by atoms with Gasteiger partial charge in [0.25, 0.3) is 0 Å². The van der Waals surface area contributed by atoms with Crippen molar-refractivity contribution in [2.24, 2.45) is 0 Å². The van der Waals surface area contributed by atoms with E-state index in [1.165, 1.54) is 5.52 Å². The van der Waals surface area contributed by atoms with Crippen molar-refractivity contribution in [3.05, 3.63) is 30.1 Å². The Balaban J connectivity index is 1.75. The van der Waals surface area contributed by atoms with E-state index in [1.54, 1.807) is 0 Å². The van der Waals surface area contributed by atoms with E-state index in [2.05, 4.69) is 48.0 Å². The molecule has 1 aliphatic heterocycles. The molecule has 0 amide bonds. The molecule has 0 aliphatic carbocycles. The van der Waals surface area contributed by atoms with Gasteiger partial charge in [-0.15, -0.1) is 0 Å². The highest BCUT2D eigenvalue weighted by Crippen LogP contribution is 2.18. The summed E-state index contributed by atoms with van der Waals surface area (Å²) in [6.45, 7) is 7.10. The van der Waals surface area contributed by atoms with Gasteiger partial charge in [0.2, 0.25) is 0 Å². The van der Waals surface area contributed by atoms with Gasteiger partial charge >= 0.3 is 0 Å². The predicted molar refractivity (Wildman–Crippen MR) is 85.3 cm³/mol. The van der Waals surface area contributed by atoms with Crippen LogP contribution in [-0.4, -0.2) is 28.3 Å². The SMILES string of the molecule is CCCn1c(CNC2CCOC(C)C2)nc2ccccc21.